The number of nitrogens with zero attached hydrogens (tertiary/aromatic N) is 1. The standard InChI is InChI=1S/C15H19FN2O3S/c1-15(2)13(19)18(14(20)17-15)7-9-22-10-8-21-12-6-4-3-5-11(12)16/h3-6H,7-10H2,1-2H3,(H,17,20). The number of nitrogens with one attached hydrogen (secondary N) is 1. The number of para-hydroxylation sites is 1. The Hall–Kier alpha value is -1.76. The smallest absolute Gasteiger partial charge is 0.325 e. The van der Waals surface area contributed by atoms with Gasteiger partial charge in [-0.3, -0.25) is 9.69 Å². The highest BCUT2D eigenvalue weighted by Gasteiger charge is 2.43. The lowest BCUT2D eigenvalue weighted by Crippen LogP contribution is -2.40. The molecule has 0 spiro atoms. The molecule has 0 radical (unpaired) electrons. The van der Waals surface area contributed by atoms with Crippen LogP contribution < -0.4 is 10.1 Å². The van der Waals surface area contributed by atoms with Gasteiger partial charge in [-0.1, -0.05) is 12.1 Å². The number of thioether (sulfide) groups is 1. The minimum atomic E-state index is -0.824. The Morgan fingerprint density at radius 1 is 1.27 bits per heavy atom. The number of hydrogen-bond acceptors (Lipinski definition) is 4. The summed E-state index contributed by atoms with van der Waals surface area (Å²) in [6.45, 7) is 4.10. The van der Waals surface area contributed by atoms with Gasteiger partial charge in [0.15, 0.2) is 11.6 Å². The Morgan fingerprint density at radius 3 is 2.64 bits per heavy atom. The summed E-state index contributed by atoms with van der Waals surface area (Å²) in [6.07, 6.45) is 0. The fraction of sp³-hybridized carbons (Fsp3) is 0.467. The fourth-order valence-corrected chi connectivity index (χ4v) is 2.77. The predicted molar refractivity (Wildman–Crippen MR) is 83.5 cm³/mol. The number of hydrogen-bond donors (Lipinski definition) is 1. The van der Waals surface area contributed by atoms with Crippen LogP contribution in [0.2, 0.25) is 0 Å². The number of amides is 3. The molecule has 0 saturated carbocycles. The molecule has 1 aromatic carbocycles. The summed E-state index contributed by atoms with van der Waals surface area (Å²) in [4.78, 5) is 24.8. The Bertz CT molecular complexity index is 565. The van der Waals surface area contributed by atoms with Gasteiger partial charge >= 0.3 is 6.03 Å². The molecule has 3 amide bonds. The average molecular weight is 326 g/mol. The second-order valence-electron chi connectivity index (χ2n) is 5.40. The molecule has 1 N–H and O–H groups in total. The summed E-state index contributed by atoms with van der Waals surface area (Å²) < 4.78 is 18.6. The van der Waals surface area contributed by atoms with Crippen molar-refractivity contribution >= 4 is 23.7 Å². The van der Waals surface area contributed by atoms with Gasteiger partial charge in [0.05, 0.1) is 6.61 Å². The van der Waals surface area contributed by atoms with Crippen LogP contribution in [0.15, 0.2) is 24.3 Å². The number of benzene rings is 1. The van der Waals surface area contributed by atoms with Gasteiger partial charge in [0.2, 0.25) is 0 Å². The van der Waals surface area contributed by atoms with Crippen molar-refractivity contribution in [2.75, 3.05) is 24.7 Å². The topological polar surface area (TPSA) is 58.6 Å². The molecule has 1 aliphatic rings. The predicted octanol–water partition coefficient (Wildman–Crippen LogP) is 2.27. The molecule has 120 valence electrons. The van der Waals surface area contributed by atoms with Crippen LogP contribution in [0.1, 0.15) is 13.8 Å². The molecule has 5 nitrogen and oxygen atoms in total. The number of urea groups is 1. The van der Waals surface area contributed by atoms with E-state index in [1.54, 1.807) is 43.8 Å². The molecule has 0 atom stereocenters. The number of ether oxygens (including phenoxy) is 1. The molecular formula is C15H19FN2O3S. The summed E-state index contributed by atoms with van der Waals surface area (Å²) in [5.41, 5.74) is -0.824. The first kappa shape index (κ1) is 16.6. The quantitative estimate of drug-likeness (QED) is 0.617. The molecule has 7 heteroatoms. The van der Waals surface area contributed by atoms with Crippen molar-refractivity contribution in [1.29, 1.82) is 0 Å². The number of imide groups is 1. The Labute approximate surface area is 133 Å². The molecule has 0 unspecified atom stereocenters. The number of halogens is 1. The van der Waals surface area contributed by atoms with Gasteiger partial charge in [0.25, 0.3) is 5.91 Å². The maximum Gasteiger partial charge on any atom is 0.325 e. The van der Waals surface area contributed by atoms with E-state index in [4.69, 9.17) is 4.74 Å². The highest BCUT2D eigenvalue weighted by Crippen LogP contribution is 2.18. The van der Waals surface area contributed by atoms with Crippen molar-refractivity contribution in [3.8, 4) is 5.75 Å². The molecule has 1 aromatic rings. The summed E-state index contributed by atoms with van der Waals surface area (Å²) in [5, 5.41) is 2.63. The second kappa shape index (κ2) is 7.00. The Morgan fingerprint density at radius 2 is 2.00 bits per heavy atom. The van der Waals surface area contributed by atoms with Crippen LogP contribution in [0.3, 0.4) is 0 Å². The van der Waals surface area contributed by atoms with Gasteiger partial charge in [-0.2, -0.15) is 11.8 Å². The van der Waals surface area contributed by atoms with E-state index in [0.717, 1.165) is 0 Å². The largest absolute Gasteiger partial charge is 0.490 e. The third kappa shape index (κ3) is 3.91. The van der Waals surface area contributed by atoms with Gasteiger partial charge in [-0.05, 0) is 26.0 Å². The van der Waals surface area contributed by atoms with Crippen LogP contribution >= 0.6 is 11.8 Å². The van der Waals surface area contributed by atoms with Gasteiger partial charge < -0.3 is 10.1 Å². The van der Waals surface area contributed by atoms with Crippen LogP contribution in [0.4, 0.5) is 9.18 Å². The maximum atomic E-state index is 13.3. The van der Waals surface area contributed by atoms with Crippen LogP contribution in [0, 0.1) is 5.82 Å². The first-order valence-electron chi connectivity index (χ1n) is 7.01. The van der Waals surface area contributed by atoms with Gasteiger partial charge in [-0.25, -0.2) is 9.18 Å². The Balaban J connectivity index is 1.65. The van der Waals surface area contributed by atoms with E-state index in [1.165, 1.54) is 11.0 Å². The van der Waals surface area contributed by atoms with Gasteiger partial charge in [0, 0.05) is 18.1 Å². The van der Waals surface area contributed by atoms with Crippen molar-refractivity contribution in [3.05, 3.63) is 30.1 Å². The monoisotopic (exact) mass is 326 g/mol. The average Bonchev–Trinajstić information content (AvgIpc) is 2.65. The summed E-state index contributed by atoms with van der Waals surface area (Å²) in [5.74, 6) is 0.922. The molecule has 0 aromatic heterocycles. The molecule has 1 fully saturated rings. The van der Waals surface area contributed by atoms with Crippen LogP contribution in [-0.4, -0.2) is 47.0 Å². The van der Waals surface area contributed by atoms with E-state index in [1.807, 2.05) is 0 Å². The summed E-state index contributed by atoms with van der Waals surface area (Å²) in [7, 11) is 0. The lowest BCUT2D eigenvalue weighted by Gasteiger charge is -2.15. The minimum Gasteiger partial charge on any atom is -0.490 e. The van der Waals surface area contributed by atoms with Gasteiger partial charge in [0.1, 0.15) is 5.54 Å². The minimum absolute atomic E-state index is 0.208. The Kier molecular flexibility index (Phi) is 5.28. The zero-order valence-corrected chi connectivity index (χ0v) is 13.4. The fourth-order valence-electron chi connectivity index (χ4n) is 2.05. The van der Waals surface area contributed by atoms with E-state index in [-0.39, 0.29) is 23.5 Å². The number of carbonyl (C=O) groups excluding carboxylic acids is 2. The van der Waals surface area contributed by atoms with Crippen molar-refractivity contribution < 1.29 is 18.7 Å². The highest BCUT2D eigenvalue weighted by molar-refractivity contribution is 7.99. The van der Waals surface area contributed by atoms with E-state index >= 15 is 0 Å². The normalized spacial score (nSPS) is 16.8. The van der Waals surface area contributed by atoms with E-state index < -0.39 is 5.54 Å². The number of carbonyl (C=O) groups is 2. The third-order valence-electron chi connectivity index (χ3n) is 3.23. The summed E-state index contributed by atoms with van der Waals surface area (Å²) >= 11 is 1.55. The molecule has 1 saturated heterocycles. The van der Waals surface area contributed by atoms with Crippen molar-refractivity contribution in [1.82, 2.24) is 10.2 Å². The lowest BCUT2D eigenvalue weighted by atomic mass is 10.1. The first-order chi connectivity index (χ1) is 10.4. The van der Waals surface area contributed by atoms with E-state index in [2.05, 4.69) is 5.32 Å². The van der Waals surface area contributed by atoms with E-state index in [0.29, 0.717) is 24.7 Å². The maximum absolute atomic E-state index is 13.3. The summed E-state index contributed by atoms with van der Waals surface area (Å²) in [6, 6.07) is 5.90. The van der Waals surface area contributed by atoms with Crippen LogP contribution in [-0.2, 0) is 4.79 Å². The van der Waals surface area contributed by atoms with Crippen molar-refractivity contribution in [3.63, 3.8) is 0 Å². The third-order valence-corrected chi connectivity index (χ3v) is 4.15. The highest BCUT2D eigenvalue weighted by atomic mass is 32.2. The molecule has 0 aliphatic carbocycles. The zero-order chi connectivity index (χ0) is 16.2. The second-order valence-corrected chi connectivity index (χ2v) is 6.63. The van der Waals surface area contributed by atoms with Crippen molar-refractivity contribution in [2.45, 2.75) is 19.4 Å². The molecule has 1 heterocycles. The molecular weight excluding hydrogens is 307 g/mol. The molecule has 1 aliphatic heterocycles. The van der Waals surface area contributed by atoms with Crippen LogP contribution in [0.25, 0.3) is 0 Å². The first-order valence-corrected chi connectivity index (χ1v) is 8.16. The van der Waals surface area contributed by atoms with E-state index in [9.17, 15) is 14.0 Å². The SMILES string of the molecule is CC1(C)NC(=O)N(CCSCCOc2ccccc2F)C1=O. The number of rotatable bonds is 7. The van der Waals surface area contributed by atoms with Crippen LogP contribution in [0.5, 0.6) is 5.75 Å². The molecule has 22 heavy (non-hydrogen) atoms. The molecule has 0 bridgehead atoms. The molecule has 2 rings (SSSR count). The van der Waals surface area contributed by atoms with Crippen molar-refractivity contribution in [2.24, 2.45) is 0 Å². The van der Waals surface area contributed by atoms with Gasteiger partial charge in [-0.15, -0.1) is 0 Å². The lowest BCUT2D eigenvalue weighted by molar-refractivity contribution is -0.130. The zero-order valence-electron chi connectivity index (χ0n) is 12.6.